The maximum absolute atomic E-state index is 12.3. The van der Waals surface area contributed by atoms with Gasteiger partial charge in [0.2, 0.25) is 0 Å². The average molecular weight is 407 g/mol. The number of carbonyl (C=O) groups is 3. The summed E-state index contributed by atoms with van der Waals surface area (Å²) in [5, 5.41) is 0. The van der Waals surface area contributed by atoms with Gasteiger partial charge in [-0.3, -0.25) is 0 Å². The van der Waals surface area contributed by atoms with E-state index in [0.717, 1.165) is 7.11 Å². The number of amides is 2. The fraction of sp³-hybridized carbons (Fsp3) is 0.118. The third-order valence-corrected chi connectivity index (χ3v) is 4.91. The van der Waals surface area contributed by atoms with Gasteiger partial charge in [0.25, 0.3) is 10.0 Å². The van der Waals surface area contributed by atoms with E-state index < -0.39 is 28.0 Å². The summed E-state index contributed by atoms with van der Waals surface area (Å²) < 4.78 is 35.1. The maximum Gasteiger partial charge on any atom is 0.355 e. The van der Waals surface area contributed by atoms with Gasteiger partial charge >= 0.3 is 18.0 Å². The second kappa shape index (κ2) is 8.39. The predicted molar refractivity (Wildman–Crippen MR) is 98.2 cm³/mol. The summed E-state index contributed by atoms with van der Waals surface area (Å²) in [6.07, 6.45) is 5.98. The summed E-state index contributed by atoms with van der Waals surface area (Å²) >= 11 is 0. The Labute approximate surface area is 160 Å². The van der Waals surface area contributed by atoms with E-state index in [1.165, 1.54) is 54.6 Å². The highest BCUT2D eigenvalue weighted by Crippen LogP contribution is 2.27. The Morgan fingerprint density at radius 3 is 2.14 bits per heavy atom. The summed E-state index contributed by atoms with van der Waals surface area (Å²) in [6, 6.07) is 3.95. The molecule has 1 aliphatic rings. The van der Waals surface area contributed by atoms with E-state index in [0.29, 0.717) is 5.69 Å². The summed E-state index contributed by atoms with van der Waals surface area (Å²) in [5.74, 6) is -1.56. The predicted octanol–water partition coefficient (Wildman–Crippen LogP) is 0.534. The number of sulfonamides is 1. The summed E-state index contributed by atoms with van der Waals surface area (Å²) in [5.41, 5.74) is 5.03. The molecule has 0 bridgehead atoms. The number of hydrogen-bond donors (Lipinski definition) is 2. The van der Waals surface area contributed by atoms with Gasteiger partial charge < -0.3 is 20.1 Å². The molecular formula is C17H17N3O7S. The van der Waals surface area contributed by atoms with Gasteiger partial charge in [0.05, 0.1) is 24.7 Å². The van der Waals surface area contributed by atoms with Crippen LogP contribution in [0.25, 0.3) is 0 Å². The van der Waals surface area contributed by atoms with Crippen LogP contribution in [-0.2, 0) is 29.1 Å². The first-order valence-electron chi connectivity index (χ1n) is 7.68. The molecule has 0 saturated heterocycles. The molecule has 0 unspecified atom stereocenters. The van der Waals surface area contributed by atoms with Gasteiger partial charge in [-0.25, -0.2) is 27.5 Å². The number of carbonyl (C=O) groups excluding carboxylic acids is 3. The number of methoxy groups -OCH3 is 2. The lowest BCUT2D eigenvalue weighted by molar-refractivity contribution is -0.139. The molecule has 0 saturated carbocycles. The van der Waals surface area contributed by atoms with Crippen molar-refractivity contribution < 1.29 is 32.3 Å². The summed E-state index contributed by atoms with van der Waals surface area (Å²) in [7, 11) is -1.80. The van der Waals surface area contributed by atoms with Crippen molar-refractivity contribution in [3.05, 3.63) is 60.0 Å². The van der Waals surface area contributed by atoms with Crippen LogP contribution in [0.1, 0.15) is 0 Å². The van der Waals surface area contributed by atoms with Gasteiger partial charge in [-0.05, 0) is 36.4 Å². The SMILES string of the molecule is COC(=O)C1=C(C(=O)OC)N(c2ccc(S(=O)(=O)NC(N)=O)cc2)C=CC=C1. The van der Waals surface area contributed by atoms with Crippen LogP contribution in [0.5, 0.6) is 0 Å². The summed E-state index contributed by atoms with van der Waals surface area (Å²) in [6.45, 7) is 0. The van der Waals surface area contributed by atoms with Crippen molar-refractivity contribution in [2.45, 2.75) is 4.90 Å². The zero-order valence-electron chi connectivity index (χ0n) is 14.9. The number of anilines is 1. The minimum atomic E-state index is -4.13. The van der Waals surface area contributed by atoms with Crippen molar-refractivity contribution in [1.29, 1.82) is 0 Å². The first-order valence-corrected chi connectivity index (χ1v) is 9.17. The van der Waals surface area contributed by atoms with Crippen LogP contribution < -0.4 is 15.4 Å². The molecule has 2 amide bonds. The van der Waals surface area contributed by atoms with Crippen molar-refractivity contribution in [3.63, 3.8) is 0 Å². The Kier molecular flexibility index (Phi) is 6.21. The lowest BCUT2D eigenvalue weighted by Crippen LogP contribution is -2.35. The molecule has 1 heterocycles. The van der Waals surface area contributed by atoms with Crippen molar-refractivity contribution in [3.8, 4) is 0 Å². The Hall–Kier alpha value is -3.60. The Balaban J connectivity index is 2.54. The van der Waals surface area contributed by atoms with Gasteiger partial charge in [0.1, 0.15) is 5.70 Å². The van der Waals surface area contributed by atoms with Gasteiger partial charge in [0.15, 0.2) is 0 Å². The fourth-order valence-corrected chi connectivity index (χ4v) is 3.22. The molecule has 0 aromatic heterocycles. The molecule has 0 atom stereocenters. The normalized spacial score (nSPS) is 13.7. The lowest BCUT2D eigenvalue weighted by Gasteiger charge is -2.23. The number of benzene rings is 1. The molecule has 2 rings (SSSR count). The average Bonchev–Trinajstić information content (AvgIpc) is 2.88. The molecule has 1 aromatic carbocycles. The molecule has 11 heteroatoms. The van der Waals surface area contributed by atoms with Crippen molar-refractivity contribution in [2.75, 3.05) is 19.1 Å². The van der Waals surface area contributed by atoms with Crippen molar-refractivity contribution in [2.24, 2.45) is 5.73 Å². The molecule has 1 aromatic rings. The molecule has 0 spiro atoms. The molecule has 3 N–H and O–H groups in total. The molecule has 10 nitrogen and oxygen atoms in total. The number of esters is 2. The number of allylic oxidation sites excluding steroid dienone is 2. The quantitative estimate of drug-likeness (QED) is 0.673. The van der Waals surface area contributed by atoms with Gasteiger partial charge in [-0.1, -0.05) is 6.08 Å². The number of nitrogens with two attached hydrogens (primary N) is 1. The monoisotopic (exact) mass is 407 g/mol. The third-order valence-electron chi connectivity index (χ3n) is 3.55. The molecular weight excluding hydrogens is 390 g/mol. The van der Waals surface area contributed by atoms with Crippen LogP contribution in [0.4, 0.5) is 10.5 Å². The van der Waals surface area contributed by atoms with E-state index >= 15 is 0 Å². The lowest BCUT2D eigenvalue weighted by atomic mass is 10.1. The van der Waals surface area contributed by atoms with Crippen LogP contribution in [0, 0.1) is 0 Å². The highest BCUT2D eigenvalue weighted by Gasteiger charge is 2.27. The number of hydrogen-bond acceptors (Lipinski definition) is 8. The van der Waals surface area contributed by atoms with Crippen LogP contribution in [0.3, 0.4) is 0 Å². The molecule has 28 heavy (non-hydrogen) atoms. The van der Waals surface area contributed by atoms with Gasteiger partial charge in [0, 0.05) is 11.9 Å². The zero-order chi connectivity index (χ0) is 20.9. The number of rotatable bonds is 5. The number of primary amides is 1. The Morgan fingerprint density at radius 2 is 1.61 bits per heavy atom. The van der Waals surface area contributed by atoms with E-state index in [1.54, 1.807) is 10.8 Å². The van der Waals surface area contributed by atoms with Crippen LogP contribution in [0.15, 0.2) is 64.9 Å². The third kappa shape index (κ3) is 4.38. The smallest absolute Gasteiger partial charge is 0.355 e. The van der Waals surface area contributed by atoms with Crippen LogP contribution >= 0.6 is 0 Å². The highest BCUT2D eigenvalue weighted by molar-refractivity contribution is 7.90. The Morgan fingerprint density at radius 1 is 1.00 bits per heavy atom. The van der Waals surface area contributed by atoms with Crippen molar-refractivity contribution >= 4 is 33.7 Å². The Bertz CT molecular complexity index is 992. The van der Waals surface area contributed by atoms with Crippen molar-refractivity contribution in [1.82, 2.24) is 4.72 Å². The fourth-order valence-electron chi connectivity index (χ4n) is 2.34. The second-order valence-corrected chi connectivity index (χ2v) is 6.96. The summed E-state index contributed by atoms with van der Waals surface area (Å²) in [4.78, 5) is 36.4. The van der Waals surface area contributed by atoms with E-state index in [1.807, 2.05) is 0 Å². The number of nitrogens with one attached hydrogen (secondary N) is 1. The van der Waals surface area contributed by atoms with E-state index in [9.17, 15) is 22.8 Å². The number of nitrogens with zero attached hydrogens (tertiary/aromatic N) is 1. The maximum atomic E-state index is 12.3. The standard InChI is InChI=1S/C17H17N3O7S/c1-26-15(21)13-5-3-4-10-20(14(13)16(22)27-2)11-6-8-12(9-7-11)28(24,25)19-17(18)23/h3-10H,1-2H3,(H3,18,19,23). The molecule has 0 aliphatic carbocycles. The number of ether oxygens (including phenoxy) is 2. The minimum Gasteiger partial charge on any atom is -0.465 e. The van der Waals surface area contributed by atoms with Crippen LogP contribution in [-0.4, -0.2) is 40.6 Å². The molecule has 0 radical (unpaired) electrons. The van der Waals surface area contributed by atoms with Gasteiger partial charge in [-0.15, -0.1) is 0 Å². The second-order valence-electron chi connectivity index (χ2n) is 5.28. The van der Waals surface area contributed by atoms with Crippen LogP contribution in [0.2, 0.25) is 0 Å². The first kappa shape index (κ1) is 20.7. The number of urea groups is 1. The minimum absolute atomic E-state index is 0.0496. The highest BCUT2D eigenvalue weighted by atomic mass is 32.2. The topological polar surface area (TPSA) is 145 Å². The molecule has 0 fully saturated rings. The van der Waals surface area contributed by atoms with E-state index in [-0.39, 0.29) is 16.2 Å². The zero-order valence-corrected chi connectivity index (χ0v) is 15.7. The first-order chi connectivity index (χ1) is 13.2. The van der Waals surface area contributed by atoms with E-state index in [2.05, 4.69) is 0 Å². The van der Waals surface area contributed by atoms with E-state index in [4.69, 9.17) is 15.2 Å². The van der Waals surface area contributed by atoms with Gasteiger partial charge in [-0.2, -0.15) is 0 Å². The molecule has 148 valence electrons. The largest absolute Gasteiger partial charge is 0.465 e. The molecule has 1 aliphatic heterocycles.